The molecule has 1 N–H and O–H groups in total. The molecular weight excluding hydrogens is 268 g/mol. The first-order valence-corrected chi connectivity index (χ1v) is 8.02. The van der Waals surface area contributed by atoms with E-state index in [0.29, 0.717) is 13.2 Å². The van der Waals surface area contributed by atoms with Crippen LogP contribution in [0.3, 0.4) is 0 Å². The van der Waals surface area contributed by atoms with E-state index in [1.54, 1.807) is 11.8 Å². The number of carbonyl (C=O) groups is 2. The summed E-state index contributed by atoms with van der Waals surface area (Å²) in [6.45, 7) is 8.70. The number of nitrogens with one attached hydrogen (secondary N) is 1. The second-order valence-electron chi connectivity index (χ2n) is 7.27. The van der Waals surface area contributed by atoms with Crippen LogP contribution in [-0.4, -0.2) is 47.0 Å². The first-order chi connectivity index (χ1) is 9.75. The molecule has 0 aromatic carbocycles. The van der Waals surface area contributed by atoms with Gasteiger partial charge in [0.05, 0.1) is 12.2 Å². The molecule has 5 heteroatoms. The van der Waals surface area contributed by atoms with Crippen molar-refractivity contribution in [2.45, 2.75) is 77.0 Å². The third-order valence-electron chi connectivity index (χ3n) is 4.45. The van der Waals surface area contributed by atoms with Crippen LogP contribution in [-0.2, 0) is 14.3 Å². The van der Waals surface area contributed by atoms with Crippen LogP contribution in [0.15, 0.2) is 0 Å². The summed E-state index contributed by atoms with van der Waals surface area (Å²) >= 11 is 0. The van der Waals surface area contributed by atoms with Crippen molar-refractivity contribution < 1.29 is 14.3 Å². The van der Waals surface area contributed by atoms with Crippen molar-refractivity contribution in [1.29, 1.82) is 0 Å². The van der Waals surface area contributed by atoms with Gasteiger partial charge in [-0.05, 0) is 40.5 Å². The lowest BCUT2D eigenvalue weighted by Crippen LogP contribution is -2.70. The van der Waals surface area contributed by atoms with Gasteiger partial charge in [0.2, 0.25) is 11.8 Å². The Balaban J connectivity index is 2.06. The van der Waals surface area contributed by atoms with Gasteiger partial charge in [-0.15, -0.1) is 0 Å². The van der Waals surface area contributed by atoms with Crippen molar-refractivity contribution in [3.8, 4) is 0 Å². The highest BCUT2D eigenvalue weighted by molar-refractivity contribution is 5.99. The molecule has 1 saturated carbocycles. The number of nitrogens with zero attached hydrogens (tertiary/aromatic N) is 1. The maximum atomic E-state index is 12.9. The zero-order chi connectivity index (χ0) is 15.7. The van der Waals surface area contributed by atoms with Gasteiger partial charge in [0.1, 0.15) is 11.6 Å². The highest BCUT2D eigenvalue weighted by atomic mass is 16.5. The van der Waals surface area contributed by atoms with Crippen molar-refractivity contribution in [1.82, 2.24) is 10.2 Å². The summed E-state index contributed by atoms with van der Waals surface area (Å²) in [4.78, 5) is 26.8. The third kappa shape index (κ3) is 3.57. The van der Waals surface area contributed by atoms with E-state index in [2.05, 4.69) is 5.32 Å². The molecule has 5 nitrogen and oxygen atoms in total. The normalized spacial score (nSPS) is 26.1. The fourth-order valence-electron chi connectivity index (χ4n) is 3.23. The van der Waals surface area contributed by atoms with Crippen molar-refractivity contribution in [2.24, 2.45) is 0 Å². The number of hydrogen-bond donors (Lipinski definition) is 1. The molecule has 1 aliphatic carbocycles. The molecule has 120 valence electrons. The minimum absolute atomic E-state index is 0.0349. The SMILES string of the molecule is CC1C(=O)NC2(CCCCC2)C(=O)N1CCOC(C)(C)C. The average molecular weight is 296 g/mol. The highest BCUT2D eigenvalue weighted by Gasteiger charge is 2.49. The lowest BCUT2D eigenvalue weighted by molar-refractivity contribution is -0.157. The van der Waals surface area contributed by atoms with E-state index in [1.807, 2.05) is 20.8 Å². The van der Waals surface area contributed by atoms with Crippen LogP contribution in [0.25, 0.3) is 0 Å². The van der Waals surface area contributed by atoms with E-state index in [-0.39, 0.29) is 17.4 Å². The maximum Gasteiger partial charge on any atom is 0.249 e. The predicted molar refractivity (Wildman–Crippen MR) is 80.8 cm³/mol. The van der Waals surface area contributed by atoms with Gasteiger partial charge >= 0.3 is 0 Å². The van der Waals surface area contributed by atoms with Crippen LogP contribution in [0.5, 0.6) is 0 Å². The van der Waals surface area contributed by atoms with Gasteiger partial charge in [0.25, 0.3) is 0 Å². The number of carbonyl (C=O) groups excluding carboxylic acids is 2. The summed E-state index contributed by atoms with van der Waals surface area (Å²) in [6.07, 6.45) is 4.69. The van der Waals surface area contributed by atoms with E-state index < -0.39 is 11.6 Å². The van der Waals surface area contributed by atoms with Gasteiger partial charge in [-0.1, -0.05) is 19.3 Å². The van der Waals surface area contributed by atoms with Crippen molar-refractivity contribution in [3.05, 3.63) is 0 Å². The Bertz CT molecular complexity index is 408. The molecule has 1 saturated heterocycles. The molecule has 0 radical (unpaired) electrons. The maximum absolute atomic E-state index is 12.9. The molecule has 1 aliphatic heterocycles. The largest absolute Gasteiger partial charge is 0.374 e. The van der Waals surface area contributed by atoms with Crippen LogP contribution < -0.4 is 5.32 Å². The topological polar surface area (TPSA) is 58.6 Å². The van der Waals surface area contributed by atoms with Crippen LogP contribution >= 0.6 is 0 Å². The quantitative estimate of drug-likeness (QED) is 0.864. The van der Waals surface area contributed by atoms with Gasteiger partial charge in [0, 0.05) is 6.54 Å². The Morgan fingerprint density at radius 1 is 1.24 bits per heavy atom. The standard InChI is InChI=1S/C16H28N2O3/c1-12-13(19)17-16(8-6-5-7-9-16)14(20)18(12)10-11-21-15(2,3)4/h12H,5-11H2,1-4H3,(H,17,19). The van der Waals surface area contributed by atoms with Crippen molar-refractivity contribution >= 4 is 11.8 Å². The Labute approximate surface area is 127 Å². The molecule has 1 spiro atoms. The Morgan fingerprint density at radius 2 is 1.86 bits per heavy atom. The molecule has 2 aliphatic rings. The minimum Gasteiger partial charge on any atom is -0.374 e. The van der Waals surface area contributed by atoms with Crippen molar-refractivity contribution in [2.75, 3.05) is 13.2 Å². The van der Waals surface area contributed by atoms with Gasteiger partial charge in [-0.25, -0.2) is 0 Å². The number of piperazine rings is 1. The monoisotopic (exact) mass is 296 g/mol. The van der Waals surface area contributed by atoms with Gasteiger partial charge in [-0.2, -0.15) is 0 Å². The summed E-state index contributed by atoms with van der Waals surface area (Å²) in [6, 6.07) is -0.409. The van der Waals surface area contributed by atoms with E-state index in [1.165, 1.54) is 0 Å². The first kappa shape index (κ1) is 16.3. The van der Waals surface area contributed by atoms with Crippen LogP contribution in [0.2, 0.25) is 0 Å². The Kier molecular flexibility index (Phi) is 4.61. The smallest absolute Gasteiger partial charge is 0.249 e. The van der Waals surface area contributed by atoms with Crippen molar-refractivity contribution in [3.63, 3.8) is 0 Å². The molecule has 2 amide bonds. The fourth-order valence-corrected chi connectivity index (χ4v) is 3.23. The minimum atomic E-state index is -0.649. The number of amides is 2. The highest BCUT2D eigenvalue weighted by Crippen LogP contribution is 2.33. The predicted octanol–water partition coefficient (Wildman–Crippen LogP) is 1.85. The van der Waals surface area contributed by atoms with E-state index >= 15 is 0 Å². The van der Waals surface area contributed by atoms with E-state index in [9.17, 15) is 9.59 Å². The summed E-state index contributed by atoms with van der Waals surface area (Å²) in [5, 5.41) is 3.00. The van der Waals surface area contributed by atoms with Gasteiger partial charge in [-0.3, -0.25) is 9.59 Å². The molecule has 2 fully saturated rings. The van der Waals surface area contributed by atoms with Crippen LogP contribution in [0.4, 0.5) is 0 Å². The first-order valence-electron chi connectivity index (χ1n) is 8.02. The lowest BCUT2D eigenvalue weighted by atomic mass is 9.78. The molecule has 0 aromatic heterocycles. The van der Waals surface area contributed by atoms with Crippen LogP contribution in [0.1, 0.15) is 59.8 Å². The molecule has 0 aromatic rings. The van der Waals surface area contributed by atoms with Gasteiger partial charge in [0.15, 0.2) is 0 Å². The molecule has 21 heavy (non-hydrogen) atoms. The summed E-state index contributed by atoms with van der Waals surface area (Å²) in [5.74, 6) is 0.0408. The number of rotatable bonds is 3. The summed E-state index contributed by atoms with van der Waals surface area (Å²) in [7, 11) is 0. The molecule has 2 rings (SSSR count). The molecule has 0 bridgehead atoms. The Morgan fingerprint density at radius 3 is 2.43 bits per heavy atom. The molecule has 1 atom stereocenters. The Hall–Kier alpha value is -1.10. The zero-order valence-corrected chi connectivity index (χ0v) is 13.7. The molecule has 1 unspecified atom stereocenters. The number of hydrogen-bond acceptors (Lipinski definition) is 3. The third-order valence-corrected chi connectivity index (χ3v) is 4.45. The molecular formula is C16H28N2O3. The lowest BCUT2D eigenvalue weighted by Gasteiger charge is -2.47. The van der Waals surface area contributed by atoms with Gasteiger partial charge < -0.3 is 15.0 Å². The number of ether oxygens (including phenoxy) is 1. The average Bonchev–Trinajstić information content (AvgIpc) is 2.40. The van der Waals surface area contributed by atoms with E-state index in [0.717, 1.165) is 32.1 Å². The van der Waals surface area contributed by atoms with E-state index in [4.69, 9.17) is 4.74 Å². The summed E-state index contributed by atoms with van der Waals surface area (Å²) < 4.78 is 5.71. The summed E-state index contributed by atoms with van der Waals surface area (Å²) in [5.41, 5.74) is -0.879. The zero-order valence-electron chi connectivity index (χ0n) is 13.7. The second-order valence-corrected chi connectivity index (χ2v) is 7.27. The van der Waals surface area contributed by atoms with Crippen LogP contribution in [0, 0.1) is 0 Å². The fraction of sp³-hybridized carbons (Fsp3) is 0.875. The second kappa shape index (κ2) is 5.95. The molecule has 1 heterocycles.